The Morgan fingerprint density at radius 3 is 2.63 bits per heavy atom. The van der Waals surface area contributed by atoms with Crippen LogP contribution in [0.2, 0.25) is 5.02 Å². The molecule has 0 aliphatic carbocycles. The predicted molar refractivity (Wildman–Crippen MR) is 75.5 cm³/mol. The molecule has 0 radical (unpaired) electrons. The summed E-state index contributed by atoms with van der Waals surface area (Å²) in [4.78, 5) is 8.71. The van der Waals surface area contributed by atoms with E-state index in [1.807, 2.05) is 6.92 Å². The Morgan fingerprint density at radius 1 is 1.32 bits per heavy atom. The van der Waals surface area contributed by atoms with E-state index in [2.05, 4.69) is 41.2 Å². The molecule has 5 nitrogen and oxygen atoms in total. The number of nitrogens with zero attached hydrogens (tertiary/aromatic N) is 4. The van der Waals surface area contributed by atoms with E-state index in [1.165, 1.54) is 0 Å². The first-order valence-electron chi connectivity index (χ1n) is 6.13. The van der Waals surface area contributed by atoms with Crippen LogP contribution >= 0.6 is 11.6 Å². The number of nitrogens with one attached hydrogen (secondary N) is 1. The Labute approximate surface area is 118 Å². The minimum Gasteiger partial charge on any atom is -0.306 e. The third kappa shape index (κ3) is 3.75. The van der Waals surface area contributed by atoms with Crippen molar-refractivity contribution >= 4 is 11.6 Å². The SMILES string of the molecule is Cc1nn(-c2cncc(CNC(C)(C)C)n2)cc1Cl. The fourth-order valence-corrected chi connectivity index (χ4v) is 1.63. The molecule has 2 rings (SSSR count). The average molecular weight is 280 g/mol. The van der Waals surface area contributed by atoms with E-state index in [9.17, 15) is 0 Å². The first kappa shape index (κ1) is 14.0. The lowest BCUT2D eigenvalue weighted by molar-refractivity contribution is 0.420. The van der Waals surface area contributed by atoms with Gasteiger partial charge in [-0.05, 0) is 27.7 Å². The largest absolute Gasteiger partial charge is 0.306 e. The number of rotatable bonds is 3. The van der Waals surface area contributed by atoms with Gasteiger partial charge in [-0.15, -0.1) is 0 Å². The number of aromatic nitrogens is 4. The molecule has 2 aromatic rings. The van der Waals surface area contributed by atoms with Gasteiger partial charge in [-0.25, -0.2) is 9.67 Å². The van der Waals surface area contributed by atoms with Gasteiger partial charge < -0.3 is 5.32 Å². The summed E-state index contributed by atoms with van der Waals surface area (Å²) < 4.78 is 1.64. The van der Waals surface area contributed by atoms with Crippen molar-refractivity contribution in [3.8, 4) is 5.82 Å². The van der Waals surface area contributed by atoms with Gasteiger partial charge in [-0.2, -0.15) is 5.10 Å². The molecule has 0 aliphatic rings. The third-order valence-electron chi connectivity index (χ3n) is 2.55. The molecule has 0 unspecified atom stereocenters. The highest BCUT2D eigenvalue weighted by Crippen LogP contribution is 2.14. The van der Waals surface area contributed by atoms with Gasteiger partial charge in [0.15, 0.2) is 5.82 Å². The van der Waals surface area contributed by atoms with E-state index >= 15 is 0 Å². The number of hydrogen-bond acceptors (Lipinski definition) is 4. The van der Waals surface area contributed by atoms with Crippen molar-refractivity contribution in [1.29, 1.82) is 0 Å². The van der Waals surface area contributed by atoms with Gasteiger partial charge in [0.05, 0.1) is 28.8 Å². The molecule has 0 aliphatic heterocycles. The second kappa shape index (κ2) is 5.27. The summed E-state index contributed by atoms with van der Waals surface area (Å²) in [6.45, 7) is 8.86. The van der Waals surface area contributed by atoms with Gasteiger partial charge in [-0.3, -0.25) is 4.98 Å². The van der Waals surface area contributed by atoms with Crippen LogP contribution in [-0.4, -0.2) is 25.3 Å². The molecule has 0 saturated carbocycles. The molecule has 0 saturated heterocycles. The summed E-state index contributed by atoms with van der Waals surface area (Å²) in [6, 6.07) is 0. The van der Waals surface area contributed by atoms with Crippen LogP contribution in [0.4, 0.5) is 0 Å². The lowest BCUT2D eigenvalue weighted by atomic mass is 10.1. The van der Waals surface area contributed by atoms with Gasteiger partial charge in [0.2, 0.25) is 0 Å². The maximum atomic E-state index is 6.00. The zero-order chi connectivity index (χ0) is 14.0. The summed E-state index contributed by atoms with van der Waals surface area (Å²) in [6.07, 6.45) is 5.16. The zero-order valence-corrected chi connectivity index (χ0v) is 12.4. The quantitative estimate of drug-likeness (QED) is 0.938. The van der Waals surface area contributed by atoms with E-state index in [4.69, 9.17) is 11.6 Å². The van der Waals surface area contributed by atoms with Gasteiger partial charge in [0.1, 0.15) is 0 Å². The van der Waals surface area contributed by atoms with Crippen molar-refractivity contribution < 1.29 is 0 Å². The molecule has 0 atom stereocenters. The van der Waals surface area contributed by atoms with Crippen LogP contribution in [0.1, 0.15) is 32.2 Å². The fraction of sp³-hybridized carbons (Fsp3) is 0.462. The average Bonchev–Trinajstić information content (AvgIpc) is 2.67. The highest BCUT2D eigenvalue weighted by molar-refractivity contribution is 6.31. The van der Waals surface area contributed by atoms with Crippen LogP contribution < -0.4 is 5.32 Å². The van der Waals surface area contributed by atoms with Crippen LogP contribution in [-0.2, 0) is 6.54 Å². The van der Waals surface area contributed by atoms with E-state index in [0.717, 1.165) is 11.4 Å². The summed E-state index contributed by atoms with van der Waals surface area (Å²) in [5.41, 5.74) is 1.70. The molecule has 0 aromatic carbocycles. The Kier molecular flexibility index (Phi) is 3.87. The summed E-state index contributed by atoms with van der Waals surface area (Å²) in [5, 5.41) is 8.29. The molecule has 0 amide bonds. The molecular weight excluding hydrogens is 262 g/mol. The monoisotopic (exact) mass is 279 g/mol. The number of halogens is 1. The topological polar surface area (TPSA) is 55.6 Å². The van der Waals surface area contributed by atoms with Crippen molar-refractivity contribution in [3.63, 3.8) is 0 Å². The van der Waals surface area contributed by atoms with Crippen LogP contribution in [0.5, 0.6) is 0 Å². The summed E-state index contributed by atoms with van der Waals surface area (Å²) >= 11 is 6.00. The van der Waals surface area contributed by atoms with E-state index < -0.39 is 0 Å². The smallest absolute Gasteiger partial charge is 0.172 e. The van der Waals surface area contributed by atoms with Crippen molar-refractivity contribution in [1.82, 2.24) is 25.1 Å². The maximum absolute atomic E-state index is 6.00. The van der Waals surface area contributed by atoms with Gasteiger partial charge in [-0.1, -0.05) is 11.6 Å². The van der Waals surface area contributed by atoms with E-state index in [-0.39, 0.29) is 5.54 Å². The van der Waals surface area contributed by atoms with E-state index in [1.54, 1.807) is 23.3 Å². The molecule has 2 aromatic heterocycles. The van der Waals surface area contributed by atoms with Crippen molar-refractivity contribution in [2.75, 3.05) is 0 Å². The van der Waals surface area contributed by atoms with Crippen LogP contribution in [0.25, 0.3) is 5.82 Å². The molecule has 2 heterocycles. The first-order chi connectivity index (χ1) is 8.85. The molecule has 0 bridgehead atoms. The zero-order valence-electron chi connectivity index (χ0n) is 11.6. The normalized spacial score (nSPS) is 11.8. The van der Waals surface area contributed by atoms with Gasteiger partial charge in [0.25, 0.3) is 0 Å². The minimum atomic E-state index is 0.0449. The maximum Gasteiger partial charge on any atom is 0.172 e. The molecule has 102 valence electrons. The highest BCUT2D eigenvalue weighted by atomic mass is 35.5. The van der Waals surface area contributed by atoms with Crippen LogP contribution in [0.3, 0.4) is 0 Å². The van der Waals surface area contributed by atoms with Crippen molar-refractivity contribution in [2.24, 2.45) is 0 Å². The van der Waals surface area contributed by atoms with Crippen molar-refractivity contribution in [2.45, 2.75) is 39.8 Å². The van der Waals surface area contributed by atoms with Crippen molar-refractivity contribution in [3.05, 3.63) is 35.0 Å². The molecule has 6 heteroatoms. The highest BCUT2D eigenvalue weighted by Gasteiger charge is 2.10. The van der Waals surface area contributed by atoms with E-state index in [0.29, 0.717) is 17.4 Å². The second-order valence-electron chi connectivity index (χ2n) is 5.48. The molecule has 19 heavy (non-hydrogen) atoms. The Balaban J connectivity index is 2.19. The van der Waals surface area contributed by atoms with Crippen LogP contribution in [0, 0.1) is 6.92 Å². The molecule has 0 spiro atoms. The minimum absolute atomic E-state index is 0.0449. The third-order valence-corrected chi connectivity index (χ3v) is 2.92. The number of hydrogen-bond donors (Lipinski definition) is 1. The lowest BCUT2D eigenvalue weighted by Crippen LogP contribution is -2.35. The summed E-state index contributed by atoms with van der Waals surface area (Å²) in [5.74, 6) is 0.670. The molecule has 0 fully saturated rings. The predicted octanol–water partition coefficient (Wildman–Crippen LogP) is 2.51. The Bertz CT molecular complexity index is 551. The molecular formula is C13H18ClN5. The molecule has 1 N–H and O–H groups in total. The Hall–Kier alpha value is -1.46. The number of aryl methyl sites for hydroxylation is 1. The Morgan fingerprint density at radius 2 is 2.05 bits per heavy atom. The first-order valence-corrected chi connectivity index (χ1v) is 6.51. The van der Waals surface area contributed by atoms with Gasteiger partial charge in [0, 0.05) is 18.3 Å². The standard InChI is InChI=1S/C13H18ClN5/c1-9-11(14)8-19(18-9)12-7-15-5-10(17-12)6-16-13(2,3)4/h5,7-8,16H,6H2,1-4H3. The fourth-order valence-electron chi connectivity index (χ4n) is 1.50. The van der Waals surface area contributed by atoms with Crippen LogP contribution in [0.15, 0.2) is 18.6 Å². The lowest BCUT2D eigenvalue weighted by Gasteiger charge is -2.20. The summed E-state index contributed by atoms with van der Waals surface area (Å²) in [7, 11) is 0. The second-order valence-corrected chi connectivity index (χ2v) is 5.89. The van der Waals surface area contributed by atoms with Gasteiger partial charge >= 0.3 is 0 Å².